The van der Waals surface area contributed by atoms with E-state index >= 15 is 0 Å². The summed E-state index contributed by atoms with van der Waals surface area (Å²) in [7, 11) is -9.30. The van der Waals surface area contributed by atoms with Crippen LogP contribution in [0.25, 0.3) is 18.2 Å². The number of carbonyl (C=O) groups is 1. The fourth-order valence-electron chi connectivity index (χ4n) is 3.46. The number of hydrogen-bond acceptors (Lipinski definition) is 8. The van der Waals surface area contributed by atoms with Crippen LogP contribution in [0, 0.1) is 0 Å². The van der Waals surface area contributed by atoms with Gasteiger partial charge in [0.2, 0.25) is 5.91 Å². The van der Waals surface area contributed by atoms with Gasteiger partial charge in [-0.1, -0.05) is 54.6 Å². The number of rotatable bonds is 7. The van der Waals surface area contributed by atoms with Crippen LogP contribution in [-0.2, 0) is 25.0 Å². The van der Waals surface area contributed by atoms with Crippen LogP contribution >= 0.6 is 0 Å². The van der Waals surface area contributed by atoms with E-state index in [4.69, 9.17) is 16.6 Å². The molecule has 0 aliphatic heterocycles. The maximum absolute atomic E-state index is 12.2. The van der Waals surface area contributed by atoms with Gasteiger partial charge in [-0.05, 0) is 71.3 Å². The molecule has 1 amide bonds. The van der Waals surface area contributed by atoms with Crippen LogP contribution < -0.4 is 16.8 Å². The predicted octanol–water partition coefficient (Wildman–Crippen LogP) is 4.56. The summed E-state index contributed by atoms with van der Waals surface area (Å²) in [5, 5.41) is 11.2. The number of nitrogen functional groups attached to an aromatic ring is 2. The van der Waals surface area contributed by atoms with Gasteiger partial charge >= 0.3 is 0 Å². The van der Waals surface area contributed by atoms with Gasteiger partial charge in [0, 0.05) is 23.1 Å². The largest absolute Gasteiger partial charge is 0.508 e. The van der Waals surface area contributed by atoms with Crippen LogP contribution in [0.5, 0.6) is 5.75 Å². The van der Waals surface area contributed by atoms with Crippen molar-refractivity contribution < 1.29 is 35.8 Å². The summed E-state index contributed by atoms with van der Waals surface area (Å²) in [5.41, 5.74) is 12.6. The van der Waals surface area contributed by atoms with E-state index in [2.05, 4.69) is 5.32 Å². The Balaban J connectivity index is 0.000000521. The van der Waals surface area contributed by atoms with Crippen LogP contribution in [0.2, 0.25) is 0 Å². The van der Waals surface area contributed by atoms with Gasteiger partial charge in [0.15, 0.2) is 0 Å². The van der Waals surface area contributed by atoms with E-state index in [0.29, 0.717) is 5.69 Å². The molecule has 13 heteroatoms. The summed E-state index contributed by atoms with van der Waals surface area (Å²) in [4.78, 5) is 11.2. The quantitative estimate of drug-likeness (QED) is 0.0565. The number of phenolic OH excluding ortho intramolecular Hbond substituents is 1. The van der Waals surface area contributed by atoms with E-state index < -0.39 is 35.9 Å². The molecule has 218 valence electrons. The Morgan fingerprint density at radius 3 is 1.74 bits per heavy atom. The maximum atomic E-state index is 12.2. The molecule has 0 aliphatic rings. The Kier molecular flexibility index (Phi) is 10.2. The first kappa shape index (κ1) is 31.6. The van der Waals surface area contributed by atoms with E-state index in [9.17, 15) is 30.7 Å². The Morgan fingerprint density at radius 1 is 0.667 bits per heavy atom. The van der Waals surface area contributed by atoms with Gasteiger partial charge in [0.05, 0.1) is 0 Å². The number of carbonyl (C=O) groups excluding carboxylic acids is 1. The zero-order valence-electron chi connectivity index (χ0n) is 21.8. The number of nitrogens with two attached hydrogens (primary N) is 2. The summed E-state index contributed by atoms with van der Waals surface area (Å²) < 4.78 is 66.2. The molecule has 4 rings (SSSR count). The second kappa shape index (κ2) is 13.6. The van der Waals surface area contributed by atoms with Crippen molar-refractivity contribution >= 4 is 61.4 Å². The topological polar surface area (TPSA) is 210 Å². The number of anilines is 3. The third kappa shape index (κ3) is 9.60. The highest BCUT2D eigenvalue weighted by atomic mass is 32.2. The third-order valence-corrected chi connectivity index (χ3v) is 7.26. The smallest absolute Gasteiger partial charge is 0.295 e. The molecule has 0 spiro atoms. The molecule has 0 aromatic heterocycles. The van der Waals surface area contributed by atoms with Crippen molar-refractivity contribution in [3.05, 3.63) is 114 Å². The Morgan fingerprint density at radius 2 is 1.19 bits per heavy atom. The summed E-state index contributed by atoms with van der Waals surface area (Å²) in [6.45, 7) is 0. The van der Waals surface area contributed by atoms with Gasteiger partial charge in [-0.3, -0.25) is 13.9 Å². The van der Waals surface area contributed by atoms with Gasteiger partial charge in [-0.15, -0.1) is 0 Å². The first-order valence-corrected chi connectivity index (χ1v) is 14.9. The number of nitrogens with one attached hydrogen (secondary N) is 1. The van der Waals surface area contributed by atoms with E-state index in [1.807, 2.05) is 18.2 Å². The van der Waals surface area contributed by atoms with Crippen molar-refractivity contribution in [1.29, 1.82) is 0 Å². The van der Waals surface area contributed by atoms with Crippen LogP contribution in [0.3, 0.4) is 0 Å². The average molecular weight is 610 g/mol. The molecule has 0 aliphatic carbocycles. The minimum Gasteiger partial charge on any atom is -0.508 e. The van der Waals surface area contributed by atoms with Crippen LogP contribution in [0.1, 0.15) is 16.7 Å². The number of hydrogen-bond donors (Lipinski definition) is 6. The normalized spacial score (nSPS) is 11.7. The Hall–Kier alpha value is -4.95. The second-order valence-electron chi connectivity index (χ2n) is 8.66. The van der Waals surface area contributed by atoms with E-state index in [1.54, 1.807) is 42.5 Å². The molecule has 0 bridgehead atoms. The van der Waals surface area contributed by atoms with Crippen LogP contribution in [0.15, 0.2) is 107 Å². The lowest BCUT2D eigenvalue weighted by atomic mass is 10.1. The molecule has 42 heavy (non-hydrogen) atoms. The molecule has 11 nitrogen and oxygen atoms in total. The molecular formula is C29H27N3O8S2. The summed E-state index contributed by atoms with van der Waals surface area (Å²) >= 11 is 0. The average Bonchev–Trinajstić information content (AvgIpc) is 2.93. The second-order valence-corrected chi connectivity index (χ2v) is 11.4. The molecule has 0 fully saturated rings. The number of aromatic hydroxyl groups is 1. The summed E-state index contributed by atoms with van der Waals surface area (Å²) in [5.74, 6) is -0.271. The van der Waals surface area contributed by atoms with Gasteiger partial charge in [-0.25, -0.2) is 0 Å². The number of benzene rings is 4. The predicted molar refractivity (Wildman–Crippen MR) is 162 cm³/mol. The van der Waals surface area contributed by atoms with Crippen molar-refractivity contribution in [1.82, 2.24) is 0 Å². The first-order chi connectivity index (χ1) is 19.7. The highest BCUT2D eigenvalue weighted by Gasteiger charge is 2.17. The summed E-state index contributed by atoms with van der Waals surface area (Å²) in [6, 6.07) is 23.0. The van der Waals surface area contributed by atoms with Crippen LogP contribution in [-0.4, -0.2) is 37.0 Å². The van der Waals surface area contributed by atoms with Gasteiger partial charge < -0.3 is 21.9 Å². The number of phenols is 1. The molecule has 0 radical (unpaired) electrons. The Labute approximate surface area is 242 Å². The molecular weight excluding hydrogens is 582 g/mol. The summed E-state index contributed by atoms with van der Waals surface area (Å²) in [6.07, 6.45) is 5.33. The fraction of sp³-hybridized carbons (Fsp3) is 0. The standard InChI is InChI=1S/C23H20N2O7S2.C6H7NO/c24-19-11-9-17(21(14-19)33(27,28)29)7-8-18-10-12-20(15-22(18)34(30,31)32)25-23(26)13-6-16-4-2-1-3-5-16;7-5-1-3-6(8)4-2-5/h1-15H,24H2,(H,25,26)(H,27,28,29)(H,30,31,32);1-4,8H,7H2/b8-7+,13-6+;. The molecule has 4 aromatic carbocycles. The SMILES string of the molecule is Nc1ccc(/C=C/c2ccc(NC(=O)/C=C/c3ccccc3)cc2S(=O)(=O)O)c(S(=O)(=O)O)c1.Nc1ccc(O)cc1. The Bertz CT molecular complexity index is 1820. The zero-order valence-corrected chi connectivity index (χ0v) is 23.5. The van der Waals surface area contributed by atoms with E-state index in [-0.39, 0.29) is 28.3 Å². The molecule has 8 N–H and O–H groups in total. The molecule has 4 aromatic rings. The lowest BCUT2D eigenvalue weighted by molar-refractivity contribution is -0.111. The number of amides is 1. The maximum Gasteiger partial charge on any atom is 0.295 e. The first-order valence-electron chi connectivity index (χ1n) is 12.0. The van der Waals surface area contributed by atoms with E-state index in [0.717, 1.165) is 17.7 Å². The van der Waals surface area contributed by atoms with Crippen molar-refractivity contribution in [2.24, 2.45) is 0 Å². The molecule has 0 saturated carbocycles. The molecule has 0 heterocycles. The zero-order chi connectivity index (χ0) is 30.9. The molecule has 0 atom stereocenters. The van der Waals surface area contributed by atoms with Crippen molar-refractivity contribution in [3.8, 4) is 5.75 Å². The monoisotopic (exact) mass is 609 g/mol. The lowest BCUT2D eigenvalue weighted by Crippen LogP contribution is -2.09. The van der Waals surface area contributed by atoms with E-state index in [1.165, 1.54) is 42.5 Å². The fourth-order valence-corrected chi connectivity index (χ4v) is 4.89. The highest BCUT2D eigenvalue weighted by Crippen LogP contribution is 2.25. The van der Waals surface area contributed by atoms with Crippen molar-refractivity contribution in [3.63, 3.8) is 0 Å². The van der Waals surface area contributed by atoms with Crippen molar-refractivity contribution in [2.75, 3.05) is 16.8 Å². The molecule has 0 unspecified atom stereocenters. The van der Waals surface area contributed by atoms with Gasteiger partial charge in [0.1, 0.15) is 15.5 Å². The third-order valence-electron chi connectivity index (χ3n) is 5.44. The van der Waals surface area contributed by atoms with Crippen LogP contribution in [0.4, 0.5) is 17.1 Å². The lowest BCUT2D eigenvalue weighted by Gasteiger charge is -2.08. The van der Waals surface area contributed by atoms with Crippen molar-refractivity contribution in [2.45, 2.75) is 9.79 Å². The van der Waals surface area contributed by atoms with Gasteiger partial charge in [0.25, 0.3) is 20.2 Å². The molecule has 0 saturated heterocycles. The minimum absolute atomic E-state index is 0.0124. The van der Waals surface area contributed by atoms with Gasteiger partial charge in [-0.2, -0.15) is 16.8 Å². The minimum atomic E-state index is -4.70. The highest BCUT2D eigenvalue weighted by molar-refractivity contribution is 7.86.